The molecule has 112 valence electrons. The van der Waals surface area contributed by atoms with E-state index in [4.69, 9.17) is 0 Å². The van der Waals surface area contributed by atoms with Crippen LogP contribution in [0.2, 0.25) is 0 Å². The molecule has 0 bridgehead atoms. The van der Waals surface area contributed by atoms with Gasteiger partial charge >= 0.3 is 5.97 Å². The standard InChI is InChI=1S/C13H15N3O5/c1-8-9(3-2-4-10(8)16(20)21)12(17)15-6-5-14-7-11(15)13(18)19/h2-4,11,14H,5-7H2,1H3,(H,18,19). The first kappa shape index (κ1) is 14.9. The van der Waals surface area contributed by atoms with Crippen LogP contribution in [0.1, 0.15) is 15.9 Å². The monoisotopic (exact) mass is 293 g/mol. The minimum atomic E-state index is -1.10. The molecular weight excluding hydrogens is 278 g/mol. The van der Waals surface area contributed by atoms with Gasteiger partial charge in [0, 0.05) is 36.8 Å². The molecule has 0 spiro atoms. The van der Waals surface area contributed by atoms with Crippen LogP contribution in [-0.4, -0.2) is 52.5 Å². The Bertz CT molecular complexity index is 601. The van der Waals surface area contributed by atoms with Crippen molar-refractivity contribution in [1.29, 1.82) is 0 Å². The number of rotatable bonds is 3. The second-order valence-electron chi connectivity index (χ2n) is 4.76. The van der Waals surface area contributed by atoms with Crippen LogP contribution in [0.15, 0.2) is 18.2 Å². The molecule has 2 rings (SSSR count). The second-order valence-corrected chi connectivity index (χ2v) is 4.76. The van der Waals surface area contributed by atoms with E-state index in [1.807, 2.05) is 0 Å². The van der Waals surface area contributed by atoms with Crippen LogP contribution < -0.4 is 5.32 Å². The zero-order valence-corrected chi connectivity index (χ0v) is 11.4. The van der Waals surface area contributed by atoms with Crippen molar-refractivity contribution in [3.05, 3.63) is 39.4 Å². The Morgan fingerprint density at radius 3 is 2.81 bits per heavy atom. The van der Waals surface area contributed by atoms with Crippen LogP contribution in [-0.2, 0) is 4.79 Å². The van der Waals surface area contributed by atoms with Gasteiger partial charge in [0.25, 0.3) is 11.6 Å². The summed E-state index contributed by atoms with van der Waals surface area (Å²) in [6.45, 7) is 2.39. The molecule has 0 aromatic heterocycles. The highest BCUT2D eigenvalue weighted by molar-refractivity contribution is 5.98. The highest BCUT2D eigenvalue weighted by Crippen LogP contribution is 2.23. The van der Waals surface area contributed by atoms with Gasteiger partial charge in [-0.3, -0.25) is 14.9 Å². The number of piperazine rings is 1. The Morgan fingerprint density at radius 1 is 1.48 bits per heavy atom. The van der Waals surface area contributed by atoms with Crippen molar-refractivity contribution in [2.24, 2.45) is 0 Å². The summed E-state index contributed by atoms with van der Waals surface area (Å²) in [5.41, 5.74) is 0.260. The van der Waals surface area contributed by atoms with Gasteiger partial charge in [0.2, 0.25) is 0 Å². The molecular formula is C13H15N3O5. The minimum Gasteiger partial charge on any atom is -0.480 e. The Balaban J connectivity index is 2.37. The molecule has 1 heterocycles. The molecule has 1 aliphatic rings. The maximum absolute atomic E-state index is 12.5. The molecule has 1 unspecified atom stereocenters. The summed E-state index contributed by atoms with van der Waals surface area (Å²) in [6, 6.07) is 3.26. The fraction of sp³-hybridized carbons (Fsp3) is 0.385. The summed E-state index contributed by atoms with van der Waals surface area (Å²) in [5.74, 6) is -1.59. The van der Waals surface area contributed by atoms with Crippen molar-refractivity contribution in [3.8, 4) is 0 Å². The molecule has 1 aliphatic heterocycles. The lowest BCUT2D eigenvalue weighted by atomic mass is 10.0. The third-order valence-electron chi connectivity index (χ3n) is 3.52. The number of carboxylic acid groups (broad SMARTS) is 1. The first-order valence-electron chi connectivity index (χ1n) is 6.42. The van der Waals surface area contributed by atoms with Crippen LogP contribution in [0.4, 0.5) is 5.69 Å². The first-order valence-corrected chi connectivity index (χ1v) is 6.42. The number of aliphatic carboxylic acids is 1. The summed E-state index contributed by atoms with van der Waals surface area (Å²) in [6.07, 6.45) is 0. The maximum atomic E-state index is 12.5. The van der Waals surface area contributed by atoms with E-state index in [1.165, 1.54) is 30.0 Å². The first-order chi connectivity index (χ1) is 9.93. The maximum Gasteiger partial charge on any atom is 0.327 e. The van der Waals surface area contributed by atoms with E-state index in [2.05, 4.69) is 5.32 Å². The van der Waals surface area contributed by atoms with Crippen LogP contribution in [0.3, 0.4) is 0 Å². The lowest BCUT2D eigenvalue weighted by molar-refractivity contribution is -0.385. The number of carbonyl (C=O) groups is 2. The summed E-state index contributed by atoms with van der Waals surface area (Å²) in [7, 11) is 0. The molecule has 2 N–H and O–H groups in total. The molecule has 0 aliphatic carbocycles. The Morgan fingerprint density at radius 2 is 2.19 bits per heavy atom. The lowest BCUT2D eigenvalue weighted by Gasteiger charge is -2.33. The number of carboxylic acids is 1. The zero-order valence-electron chi connectivity index (χ0n) is 11.4. The molecule has 1 aromatic carbocycles. The topological polar surface area (TPSA) is 113 Å². The SMILES string of the molecule is Cc1c(C(=O)N2CCNCC2C(=O)O)cccc1[N+](=O)[O-]. The van der Waals surface area contributed by atoms with E-state index >= 15 is 0 Å². The van der Waals surface area contributed by atoms with Gasteiger partial charge < -0.3 is 15.3 Å². The highest BCUT2D eigenvalue weighted by atomic mass is 16.6. The average molecular weight is 293 g/mol. The molecule has 1 aromatic rings. The summed E-state index contributed by atoms with van der Waals surface area (Å²) in [5, 5.41) is 23.0. The zero-order chi connectivity index (χ0) is 15.6. The van der Waals surface area contributed by atoms with Gasteiger partial charge in [0.1, 0.15) is 6.04 Å². The third-order valence-corrected chi connectivity index (χ3v) is 3.52. The van der Waals surface area contributed by atoms with Crippen molar-refractivity contribution in [1.82, 2.24) is 10.2 Å². The molecule has 8 nitrogen and oxygen atoms in total. The van der Waals surface area contributed by atoms with E-state index in [0.29, 0.717) is 6.54 Å². The fourth-order valence-corrected chi connectivity index (χ4v) is 2.38. The van der Waals surface area contributed by atoms with E-state index in [0.717, 1.165) is 0 Å². The van der Waals surface area contributed by atoms with Crippen molar-refractivity contribution in [3.63, 3.8) is 0 Å². The number of carbonyl (C=O) groups excluding carboxylic acids is 1. The summed E-state index contributed by atoms with van der Waals surface area (Å²) in [4.78, 5) is 35.3. The van der Waals surface area contributed by atoms with Crippen LogP contribution >= 0.6 is 0 Å². The minimum absolute atomic E-state index is 0.150. The Kier molecular flexibility index (Phi) is 4.18. The predicted octanol–water partition coefficient (Wildman–Crippen LogP) is 0.402. The predicted molar refractivity (Wildman–Crippen MR) is 73.2 cm³/mol. The van der Waals surface area contributed by atoms with Gasteiger partial charge in [-0.25, -0.2) is 4.79 Å². The van der Waals surface area contributed by atoms with Crippen LogP contribution in [0, 0.1) is 17.0 Å². The normalized spacial score (nSPS) is 18.3. The lowest BCUT2D eigenvalue weighted by Crippen LogP contribution is -2.57. The molecule has 8 heteroatoms. The van der Waals surface area contributed by atoms with E-state index in [-0.39, 0.29) is 29.9 Å². The number of nitrogens with zero attached hydrogens (tertiary/aromatic N) is 2. The number of amides is 1. The molecule has 21 heavy (non-hydrogen) atoms. The second kappa shape index (κ2) is 5.88. The summed E-state index contributed by atoms with van der Waals surface area (Å²) >= 11 is 0. The highest BCUT2D eigenvalue weighted by Gasteiger charge is 2.33. The number of nitro benzene ring substituents is 1. The smallest absolute Gasteiger partial charge is 0.327 e. The summed E-state index contributed by atoms with van der Waals surface area (Å²) < 4.78 is 0. The number of nitro groups is 1. The molecule has 0 radical (unpaired) electrons. The van der Waals surface area contributed by atoms with Crippen molar-refractivity contribution >= 4 is 17.6 Å². The van der Waals surface area contributed by atoms with Crippen molar-refractivity contribution in [2.45, 2.75) is 13.0 Å². The Hall–Kier alpha value is -2.48. The van der Waals surface area contributed by atoms with Gasteiger partial charge in [-0.1, -0.05) is 6.07 Å². The quantitative estimate of drug-likeness (QED) is 0.616. The van der Waals surface area contributed by atoms with Crippen molar-refractivity contribution < 1.29 is 19.6 Å². The number of benzene rings is 1. The van der Waals surface area contributed by atoms with Gasteiger partial charge in [0.05, 0.1) is 4.92 Å². The number of nitrogens with one attached hydrogen (secondary N) is 1. The molecule has 1 amide bonds. The molecule has 1 fully saturated rings. The molecule has 0 saturated carbocycles. The van der Waals surface area contributed by atoms with Gasteiger partial charge in [-0.05, 0) is 13.0 Å². The van der Waals surface area contributed by atoms with Gasteiger partial charge in [-0.15, -0.1) is 0 Å². The fourth-order valence-electron chi connectivity index (χ4n) is 2.38. The van der Waals surface area contributed by atoms with E-state index in [1.54, 1.807) is 0 Å². The van der Waals surface area contributed by atoms with E-state index in [9.17, 15) is 24.8 Å². The largest absolute Gasteiger partial charge is 0.480 e. The number of hydrogen-bond donors (Lipinski definition) is 2. The van der Waals surface area contributed by atoms with E-state index < -0.39 is 22.8 Å². The third kappa shape index (κ3) is 2.84. The number of hydrogen-bond acceptors (Lipinski definition) is 5. The molecule has 1 atom stereocenters. The van der Waals surface area contributed by atoms with Gasteiger partial charge in [-0.2, -0.15) is 0 Å². The van der Waals surface area contributed by atoms with Crippen LogP contribution in [0.5, 0.6) is 0 Å². The molecule has 1 saturated heterocycles. The van der Waals surface area contributed by atoms with Crippen molar-refractivity contribution in [2.75, 3.05) is 19.6 Å². The van der Waals surface area contributed by atoms with Gasteiger partial charge in [0.15, 0.2) is 0 Å². The average Bonchev–Trinajstić information content (AvgIpc) is 2.46. The van der Waals surface area contributed by atoms with Crippen LogP contribution in [0.25, 0.3) is 0 Å². The Labute approximate surface area is 120 Å².